The van der Waals surface area contributed by atoms with Gasteiger partial charge < -0.3 is 4.74 Å². The molecule has 1 rings (SSSR count). The highest BCUT2D eigenvalue weighted by molar-refractivity contribution is 7.80. The molecule has 72 valence electrons. The van der Waals surface area contributed by atoms with Crippen LogP contribution >= 0.6 is 12.6 Å². The zero-order valence-corrected chi connectivity index (χ0v) is 8.76. The molecule has 1 aromatic rings. The number of nitrogens with zero attached hydrogens (tertiary/aromatic N) is 1. The van der Waals surface area contributed by atoms with E-state index >= 15 is 0 Å². The van der Waals surface area contributed by atoms with Crippen LogP contribution in [0.5, 0.6) is 0 Å². The minimum atomic E-state index is -0.502. The van der Waals surface area contributed by atoms with Crippen molar-refractivity contribution in [2.24, 2.45) is 0 Å². The van der Waals surface area contributed by atoms with E-state index in [1.54, 1.807) is 12.1 Å². The zero-order chi connectivity index (χ0) is 10.7. The monoisotopic (exact) mass is 207 g/mol. The maximum atomic E-state index is 11.3. The van der Waals surface area contributed by atoms with Gasteiger partial charge in [-0.3, -0.25) is 0 Å². The molecule has 0 bridgehead atoms. The number of ether oxygens (including phenoxy) is 1. The van der Waals surface area contributed by atoms with Crippen molar-refractivity contribution in [1.82, 2.24) is 0 Å². The quantitative estimate of drug-likeness (QED) is 0.565. The summed E-state index contributed by atoms with van der Waals surface area (Å²) in [6.45, 7) is 1.82. The van der Waals surface area contributed by atoms with Crippen LogP contribution in [0.3, 0.4) is 0 Å². The van der Waals surface area contributed by atoms with Gasteiger partial charge in [0.25, 0.3) is 0 Å². The molecule has 0 amide bonds. The molecule has 0 unspecified atom stereocenters. The number of esters is 1. The predicted molar refractivity (Wildman–Crippen MR) is 54.5 cm³/mol. The van der Waals surface area contributed by atoms with Gasteiger partial charge in [0.05, 0.1) is 18.2 Å². The summed E-state index contributed by atoms with van der Waals surface area (Å²) >= 11 is 4.16. The molecular weight excluding hydrogens is 198 g/mol. The topological polar surface area (TPSA) is 50.1 Å². The number of hydrogen-bond acceptors (Lipinski definition) is 4. The first-order chi connectivity index (χ1) is 6.60. The summed E-state index contributed by atoms with van der Waals surface area (Å²) in [5, 5.41) is 8.79. The lowest BCUT2D eigenvalue weighted by Crippen LogP contribution is -2.04. The molecular formula is C10H9NO2S. The van der Waals surface area contributed by atoms with Crippen molar-refractivity contribution >= 4 is 18.6 Å². The Kier molecular flexibility index (Phi) is 3.15. The maximum absolute atomic E-state index is 11.3. The Bertz CT molecular complexity index is 421. The van der Waals surface area contributed by atoms with Crippen LogP contribution in [-0.2, 0) is 4.74 Å². The Hall–Kier alpha value is -1.47. The van der Waals surface area contributed by atoms with E-state index in [2.05, 4.69) is 17.4 Å². The lowest BCUT2D eigenvalue weighted by molar-refractivity contribution is 0.0600. The second-order valence-electron chi connectivity index (χ2n) is 2.79. The third-order valence-corrected chi connectivity index (χ3v) is 2.34. The number of rotatable bonds is 1. The number of methoxy groups -OCH3 is 1. The molecule has 0 atom stereocenters. The number of carbonyl (C=O) groups excluding carboxylic acids is 1. The Labute approximate surface area is 87.7 Å². The van der Waals surface area contributed by atoms with Crippen LogP contribution in [0, 0.1) is 18.3 Å². The van der Waals surface area contributed by atoms with E-state index in [9.17, 15) is 4.79 Å². The first kappa shape index (κ1) is 10.6. The Morgan fingerprint density at radius 1 is 1.57 bits per heavy atom. The van der Waals surface area contributed by atoms with Gasteiger partial charge in [0.2, 0.25) is 0 Å². The predicted octanol–water partition coefficient (Wildman–Crippen LogP) is 1.94. The fraction of sp³-hybridized carbons (Fsp3) is 0.200. The van der Waals surface area contributed by atoms with Crippen molar-refractivity contribution in [3.8, 4) is 6.07 Å². The van der Waals surface area contributed by atoms with E-state index in [0.29, 0.717) is 4.90 Å². The van der Waals surface area contributed by atoms with Gasteiger partial charge in [-0.1, -0.05) is 0 Å². The van der Waals surface area contributed by atoms with Crippen LogP contribution in [0.4, 0.5) is 0 Å². The first-order valence-corrected chi connectivity index (χ1v) is 4.37. The van der Waals surface area contributed by atoms with Gasteiger partial charge in [0.15, 0.2) is 0 Å². The van der Waals surface area contributed by atoms with Crippen LogP contribution < -0.4 is 0 Å². The van der Waals surface area contributed by atoms with Crippen LogP contribution in [0.2, 0.25) is 0 Å². The summed E-state index contributed by atoms with van der Waals surface area (Å²) < 4.78 is 4.56. The molecule has 0 fully saturated rings. The van der Waals surface area contributed by atoms with Gasteiger partial charge in [0.1, 0.15) is 6.07 Å². The SMILES string of the molecule is COC(=O)c1cc(C)c(S)cc1C#N. The van der Waals surface area contributed by atoms with E-state index in [1.165, 1.54) is 7.11 Å². The Balaban J connectivity index is 3.36. The minimum absolute atomic E-state index is 0.283. The highest BCUT2D eigenvalue weighted by Crippen LogP contribution is 2.19. The van der Waals surface area contributed by atoms with Gasteiger partial charge in [-0.25, -0.2) is 4.79 Å². The molecule has 0 N–H and O–H groups in total. The number of carbonyl (C=O) groups is 1. The highest BCUT2D eigenvalue weighted by atomic mass is 32.1. The minimum Gasteiger partial charge on any atom is -0.465 e. The van der Waals surface area contributed by atoms with Crippen molar-refractivity contribution in [3.63, 3.8) is 0 Å². The largest absolute Gasteiger partial charge is 0.465 e. The van der Waals surface area contributed by atoms with E-state index in [1.807, 2.05) is 13.0 Å². The molecule has 0 aliphatic rings. The molecule has 4 heteroatoms. The summed E-state index contributed by atoms with van der Waals surface area (Å²) in [5.74, 6) is -0.502. The van der Waals surface area contributed by atoms with E-state index in [0.717, 1.165) is 5.56 Å². The summed E-state index contributed by atoms with van der Waals surface area (Å²) in [5.41, 5.74) is 1.41. The lowest BCUT2D eigenvalue weighted by atomic mass is 10.1. The number of nitriles is 1. The van der Waals surface area contributed by atoms with Crippen molar-refractivity contribution in [3.05, 3.63) is 28.8 Å². The van der Waals surface area contributed by atoms with Gasteiger partial charge in [-0.05, 0) is 24.6 Å². The second kappa shape index (κ2) is 4.16. The number of benzene rings is 1. The standard InChI is InChI=1S/C10H9NO2S/c1-6-3-8(10(12)13-2)7(5-11)4-9(6)14/h3-4,14H,1-2H3. The molecule has 0 aliphatic carbocycles. The average molecular weight is 207 g/mol. The van der Waals surface area contributed by atoms with Crippen LogP contribution in [-0.4, -0.2) is 13.1 Å². The molecule has 14 heavy (non-hydrogen) atoms. The zero-order valence-electron chi connectivity index (χ0n) is 7.87. The van der Waals surface area contributed by atoms with E-state index in [-0.39, 0.29) is 11.1 Å². The summed E-state index contributed by atoms with van der Waals surface area (Å²) in [6.07, 6.45) is 0. The van der Waals surface area contributed by atoms with Gasteiger partial charge in [-0.15, -0.1) is 12.6 Å². The second-order valence-corrected chi connectivity index (χ2v) is 3.27. The molecule has 0 saturated heterocycles. The Morgan fingerprint density at radius 2 is 2.21 bits per heavy atom. The molecule has 0 radical (unpaired) electrons. The molecule has 0 saturated carbocycles. The van der Waals surface area contributed by atoms with Crippen LogP contribution in [0.25, 0.3) is 0 Å². The maximum Gasteiger partial charge on any atom is 0.339 e. The van der Waals surface area contributed by atoms with Crippen molar-refractivity contribution < 1.29 is 9.53 Å². The molecule has 0 aromatic heterocycles. The average Bonchev–Trinajstić information content (AvgIpc) is 2.20. The molecule has 0 heterocycles. The van der Waals surface area contributed by atoms with Crippen LogP contribution in [0.15, 0.2) is 17.0 Å². The molecule has 0 spiro atoms. The van der Waals surface area contributed by atoms with Gasteiger partial charge >= 0.3 is 5.97 Å². The fourth-order valence-electron chi connectivity index (χ4n) is 1.07. The molecule has 0 aliphatic heterocycles. The third-order valence-electron chi connectivity index (χ3n) is 1.86. The number of aryl methyl sites for hydroxylation is 1. The molecule has 1 aromatic carbocycles. The summed E-state index contributed by atoms with van der Waals surface area (Å²) in [4.78, 5) is 11.9. The van der Waals surface area contributed by atoms with Crippen molar-refractivity contribution in [2.75, 3.05) is 7.11 Å². The normalized spacial score (nSPS) is 9.29. The van der Waals surface area contributed by atoms with Crippen LogP contribution in [0.1, 0.15) is 21.5 Å². The summed E-state index contributed by atoms with van der Waals surface area (Å²) in [6, 6.07) is 5.09. The number of hydrogen-bond donors (Lipinski definition) is 1. The van der Waals surface area contributed by atoms with E-state index in [4.69, 9.17) is 5.26 Å². The van der Waals surface area contributed by atoms with E-state index < -0.39 is 5.97 Å². The summed E-state index contributed by atoms with van der Waals surface area (Å²) in [7, 11) is 1.29. The smallest absolute Gasteiger partial charge is 0.339 e. The van der Waals surface area contributed by atoms with Crippen molar-refractivity contribution in [2.45, 2.75) is 11.8 Å². The molecule has 3 nitrogen and oxygen atoms in total. The van der Waals surface area contributed by atoms with Gasteiger partial charge in [0, 0.05) is 4.90 Å². The number of thiol groups is 1. The highest BCUT2D eigenvalue weighted by Gasteiger charge is 2.13. The lowest BCUT2D eigenvalue weighted by Gasteiger charge is -2.05. The van der Waals surface area contributed by atoms with Gasteiger partial charge in [-0.2, -0.15) is 5.26 Å². The third kappa shape index (κ3) is 1.88. The first-order valence-electron chi connectivity index (χ1n) is 3.92. The van der Waals surface area contributed by atoms with Crippen molar-refractivity contribution in [1.29, 1.82) is 5.26 Å². The fourth-order valence-corrected chi connectivity index (χ4v) is 1.26. The Morgan fingerprint density at radius 3 is 2.71 bits per heavy atom.